The lowest BCUT2D eigenvalue weighted by Gasteiger charge is -2.15. The Morgan fingerprint density at radius 2 is 2.24 bits per heavy atom. The molecule has 0 unspecified atom stereocenters. The molecule has 0 saturated heterocycles. The highest BCUT2D eigenvalue weighted by Crippen LogP contribution is 2.20. The molecule has 7 heteroatoms. The minimum Gasteiger partial charge on any atom is -0.450 e. The third kappa shape index (κ3) is 4.76. The highest BCUT2D eigenvalue weighted by Gasteiger charge is 2.17. The summed E-state index contributed by atoms with van der Waals surface area (Å²) in [4.78, 5) is 20.2. The van der Waals surface area contributed by atoms with E-state index in [1.54, 1.807) is 30.0 Å². The number of aromatic amines is 1. The summed E-state index contributed by atoms with van der Waals surface area (Å²) in [6, 6.07) is 11.3. The average Bonchev–Trinajstić information content (AvgIpc) is 3.22. The molecule has 2 aromatic heterocycles. The number of benzene rings is 1. The standard InChI is InChI=1S/C18H18BrN3O2S/c1-25-11-10-15(18-21-13-4-2-3-5-14(13)22-18)20-17(23)9-7-12-6-8-16(19)24-12/h2-9,15H,10-11H2,1H3,(H,20,23)(H,21,22)/b9-7+/t15-/m0/s1. The number of hydrogen-bond donors (Lipinski definition) is 2. The van der Waals surface area contributed by atoms with E-state index in [9.17, 15) is 4.79 Å². The maximum absolute atomic E-state index is 12.3. The Balaban J connectivity index is 1.73. The van der Waals surface area contributed by atoms with E-state index in [1.807, 2.05) is 30.5 Å². The van der Waals surface area contributed by atoms with E-state index >= 15 is 0 Å². The number of halogens is 1. The van der Waals surface area contributed by atoms with E-state index in [1.165, 1.54) is 6.08 Å². The molecule has 0 aliphatic carbocycles. The number of nitrogens with one attached hydrogen (secondary N) is 2. The maximum atomic E-state index is 12.3. The van der Waals surface area contributed by atoms with Crippen LogP contribution in [0.3, 0.4) is 0 Å². The molecule has 0 radical (unpaired) electrons. The first-order valence-electron chi connectivity index (χ1n) is 7.83. The summed E-state index contributed by atoms with van der Waals surface area (Å²) >= 11 is 4.98. The zero-order chi connectivity index (χ0) is 17.6. The molecule has 1 atom stereocenters. The summed E-state index contributed by atoms with van der Waals surface area (Å²) in [5.41, 5.74) is 1.87. The second-order valence-electron chi connectivity index (χ2n) is 5.46. The van der Waals surface area contributed by atoms with Crippen LogP contribution in [0.1, 0.15) is 24.0 Å². The van der Waals surface area contributed by atoms with Crippen molar-refractivity contribution in [2.24, 2.45) is 0 Å². The molecule has 3 rings (SSSR count). The van der Waals surface area contributed by atoms with Gasteiger partial charge in [0.05, 0.1) is 17.1 Å². The van der Waals surface area contributed by atoms with Crippen LogP contribution in [0.5, 0.6) is 0 Å². The van der Waals surface area contributed by atoms with E-state index in [0.717, 1.165) is 29.0 Å². The number of imidazole rings is 1. The van der Waals surface area contributed by atoms with Crippen molar-refractivity contribution in [2.45, 2.75) is 12.5 Å². The number of nitrogens with zero attached hydrogens (tertiary/aromatic N) is 1. The predicted molar refractivity (Wildman–Crippen MR) is 105 cm³/mol. The van der Waals surface area contributed by atoms with Gasteiger partial charge >= 0.3 is 0 Å². The molecule has 0 aliphatic heterocycles. The summed E-state index contributed by atoms with van der Waals surface area (Å²) in [6.07, 6.45) is 5.96. The van der Waals surface area contributed by atoms with Gasteiger partial charge in [-0.1, -0.05) is 12.1 Å². The van der Waals surface area contributed by atoms with Gasteiger partial charge in [0.15, 0.2) is 4.67 Å². The molecule has 1 amide bonds. The van der Waals surface area contributed by atoms with Crippen molar-refractivity contribution >= 4 is 50.7 Å². The summed E-state index contributed by atoms with van der Waals surface area (Å²) in [5.74, 6) is 2.14. The number of fused-ring (bicyclic) bond motifs is 1. The predicted octanol–water partition coefficient (Wildman–Crippen LogP) is 4.54. The van der Waals surface area contributed by atoms with Crippen LogP contribution in [0.15, 0.2) is 51.6 Å². The molecule has 0 spiro atoms. The quantitative estimate of drug-likeness (QED) is 0.551. The van der Waals surface area contributed by atoms with E-state index < -0.39 is 0 Å². The number of carbonyl (C=O) groups is 1. The van der Waals surface area contributed by atoms with Gasteiger partial charge in [-0.2, -0.15) is 11.8 Å². The van der Waals surface area contributed by atoms with E-state index in [4.69, 9.17) is 4.42 Å². The van der Waals surface area contributed by atoms with Crippen LogP contribution in [0.25, 0.3) is 17.1 Å². The molecule has 0 fully saturated rings. The van der Waals surface area contributed by atoms with Crippen molar-refractivity contribution in [1.29, 1.82) is 0 Å². The molecule has 0 saturated carbocycles. The van der Waals surface area contributed by atoms with Crippen molar-refractivity contribution in [3.63, 3.8) is 0 Å². The number of H-pyrrole nitrogens is 1. The minimum atomic E-state index is -0.181. The van der Waals surface area contributed by atoms with Crippen LogP contribution >= 0.6 is 27.7 Å². The maximum Gasteiger partial charge on any atom is 0.244 e. The first-order chi connectivity index (χ1) is 12.2. The van der Waals surface area contributed by atoms with Crippen molar-refractivity contribution in [2.75, 3.05) is 12.0 Å². The van der Waals surface area contributed by atoms with Gasteiger partial charge in [-0.3, -0.25) is 4.79 Å². The van der Waals surface area contributed by atoms with Crippen molar-refractivity contribution < 1.29 is 9.21 Å². The molecule has 2 heterocycles. The lowest BCUT2D eigenvalue weighted by Crippen LogP contribution is -2.28. The number of furan rings is 1. The Hall–Kier alpha value is -1.99. The number of aromatic nitrogens is 2. The molecule has 3 aromatic rings. The molecule has 0 aliphatic rings. The number of hydrogen-bond acceptors (Lipinski definition) is 4. The zero-order valence-corrected chi connectivity index (χ0v) is 16.1. The minimum absolute atomic E-state index is 0.166. The number of amides is 1. The normalized spacial score (nSPS) is 12.7. The molecule has 130 valence electrons. The molecular weight excluding hydrogens is 402 g/mol. The fraction of sp³-hybridized carbons (Fsp3) is 0.222. The fourth-order valence-electron chi connectivity index (χ4n) is 2.45. The number of rotatable bonds is 7. The van der Waals surface area contributed by atoms with Gasteiger partial charge < -0.3 is 14.7 Å². The molecule has 5 nitrogen and oxygen atoms in total. The molecule has 25 heavy (non-hydrogen) atoms. The first-order valence-corrected chi connectivity index (χ1v) is 10.0. The Morgan fingerprint density at radius 1 is 1.40 bits per heavy atom. The SMILES string of the molecule is CSCC[C@H](NC(=O)/C=C/c1ccc(Br)o1)c1nc2ccccc2[nH]1. The van der Waals surface area contributed by atoms with Gasteiger partial charge in [0.1, 0.15) is 11.6 Å². The number of carbonyl (C=O) groups excluding carboxylic acids is 1. The van der Waals surface area contributed by atoms with E-state index in [0.29, 0.717) is 10.4 Å². The Morgan fingerprint density at radius 3 is 2.96 bits per heavy atom. The Labute approximate surface area is 158 Å². The Bertz CT molecular complexity index is 854. The van der Waals surface area contributed by atoms with Crippen LogP contribution in [0, 0.1) is 0 Å². The molecule has 1 aromatic carbocycles. The lowest BCUT2D eigenvalue weighted by atomic mass is 10.2. The molecule has 2 N–H and O–H groups in total. The van der Waals surface area contributed by atoms with Gasteiger partial charge in [0.25, 0.3) is 0 Å². The van der Waals surface area contributed by atoms with E-state index in [2.05, 4.69) is 31.2 Å². The Kier molecular flexibility index (Phi) is 5.99. The van der Waals surface area contributed by atoms with Gasteiger partial charge in [-0.15, -0.1) is 0 Å². The molecule has 0 bridgehead atoms. The second-order valence-corrected chi connectivity index (χ2v) is 7.22. The fourth-order valence-corrected chi connectivity index (χ4v) is 3.24. The highest BCUT2D eigenvalue weighted by molar-refractivity contribution is 9.10. The van der Waals surface area contributed by atoms with Crippen LogP contribution < -0.4 is 5.32 Å². The van der Waals surface area contributed by atoms with Crippen LogP contribution in [-0.4, -0.2) is 27.9 Å². The largest absolute Gasteiger partial charge is 0.450 e. The van der Waals surface area contributed by atoms with Crippen LogP contribution in [0.2, 0.25) is 0 Å². The smallest absolute Gasteiger partial charge is 0.244 e. The second kappa shape index (κ2) is 8.40. The monoisotopic (exact) mass is 419 g/mol. The van der Waals surface area contributed by atoms with E-state index in [-0.39, 0.29) is 11.9 Å². The average molecular weight is 420 g/mol. The van der Waals surface area contributed by atoms with Gasteiger partial charge in [-0.25, -0.2) is 4.98 Å². The summed E-state index contributed by atoms with van der Waals surface area (Å²) in [5, 5.41) is 3.02. The molecular formula is C18H18BrN3O2S. The van der Waals surface area contributed by atoms with Crippen molar-refractivity contribution in [3.05, 3.63) is 58.7 Å². The zero-order valence-electron chi connectivity index (χ0n) is 13.7. The summed E-state index contributed by atoms with van der Waals surface area (Å²) < 4.78 is 5.99. The van der Waals surface area contributed by atoms with Gasteiger partial charge in [0, 0.05) is 6.08 Å². The van der Waals surface area contributed by atoms with Crippen molar-refractivity contribution in [3.8, 4) is 0 Å². The van der Waals surface area contributed by atoms with Crippen LogP contribution in [-0.2, 0) is 4.79 Å². The van der Waals surface area contributed by atoms with Gasteiger partial charge in [0.2, 0.25) is 5.91 Å². The van der Waals surface area contributed by atoms with Crippen LogP contribution in [0.4, 0.5) is 0 Å². The summed E-state index contributed by atoms with van der Waals surface area (Å²) in [7, 11) is 0. The number of thioether (sulfide) groups is 1. The first kappa shape index (κ1) is 17.8. The summed E-state index contributed by atoms with van der Waals surface area (Å²) in [6.45, 7) is 0. The number of para-hydroxylation sites is 2. The van der Waals surface area contributed by atoms with Crippen molar-refractivity contribution in [1.82, 2.24) is 15.3 Å². The lowest BCUT2D eigenvalue weighted by molar-refractivity contribution is -0.117. The third-order valence-corrected chi connectivity index (χ3v) is 4.73. The topological polar surface area (TPSA) is 70.9 Å². The van der Waals surface area contributed by atoms with Gasteiger partial charge in [-0.05, 0) is 64.7 Å². The highest BCUT2D eigenvalue weighted by atomic mass is 79.9. The third-order valence-electron chi connectivity index (χ3n) is 3.66.